The van der Waals surface area contributed by atoms with E-state index in [0.717, 1.165) is 45.3 Å². The molecule has 1 saturated heterocycles. The first-order valence-electron chi connectivity index (χ1n) is 7.71. The van der Waals surface area contributed by atoms with Crippen molar-refractivity contribution in [2.45, 2.75) is 56.6 Å². The number of rotatable bonds is 6. The molecular weight excluding hydrogens is 256 g/mol. The minimum Gasteiger partial charge on any atom is -0.354 e. The second-order valence-corrected chi connectivity index (χ2v) is 7.51. The van der Waals surface area contributed by atoms with E-state index in [9.17, 15) is 4.79 Å². The SMILES string of the molecule is CCCC1(C(=O)NCC2(SC)CCC2)CCCNC1. The van der Waals surface area contributed by atoms with E-state index in [1.165, 1.54) is 19.3 Å². The molecule has 0 bridgehead atoms. The number of amides is 1. The summed E-state index contributed by atoms with van der Waals surface area (Å²) in [6.07, 6.45) is 10.3. The number of hydrogen-bond acceptors (Lipinski definition) is 3. The Kier molecular flexibility index (Phi) is 5.18. The Balaban J connectivity index is 1.92. The van der Waals surface area contributed by atoms with Gasteiger partial charge in [0, 0.05) is 17.8 Å². The summed E-state index contributed by atoms with van der Waals surface area (Å²) in [7, 11) is 0. The van der Waals surface area contributed by atoms with Crippen molar-refractivity contribution < 1.29 is 4.79 Å². The van der Waals surface area contributed by atoms with Gasteiger partial charge in [0.15, 0.2) is 0 Å². The topological polar surface area (TPSA) is 41.1 Å². The number of piperidine rings is 1. The average Bonchev–Trinajstić information content (AvgIpc) is 2.39. The zero-order valence-corrected chi connectivity index (χ0v) is 13.2. The maximum absolute atomic E-state index is 12.7. The Morgan fingerprint density at radius 3 is 2.58 bits per heavy atom. The van der Waals surface area contributed by atoms with Gasteiger partial charge in [-0.15, -0.1) is 0 Å². The third-order valence-corrected chi connectivity index (χ3v) is 6.37. The summed E-state index contributed by atoms with van der Waals surface area (Å²) < 4.78 is 0.338. The van der Waals surface area contributed by atoms with E-state index in [1.54, 1.807) is 0 Å². The van der Waals surface area contributed by atoms with Crippen LogP contribution >= 0.6 is 11.8 Å². The summed E-state index contributed by atoms with van der Waals surface area (Å²) in [4.78, 5) is 12.7. The third kappa shape index (κ3) is 3.27. The number of nitrogens with one attached hydrogen (secondary N) is 2. The van der Waals surface area contributed by atoms with Crippen molar-refractivity contribution in [1.29, 1.82) is 0 Å². The summed E-state index contributed by atoms with van der Waals surface area (Å²) >= 11 is 1.93. The van der Waals surface area contributed by atoms with Crippen LogP contribution in [0.5, 0.6) is 0 Å². The van der Waals surface area contributed by atoms with Crippen molar-refractivity contribution in [3.05, 3.63) is 0 Å². The van der Waals surface area contributed by atoms with E-state index in [0.29, 0.717) is 10.7 Å². The Bertz CT molecular complexity index is 298. The monoisotopic (exact) mass is 284 g/mol. The van der Waals surface area contributed by atoms with Gasteiger partial charge >= 0.3 is 0 Å². The van der Waals surface area contributed by atoms with Gasteiger partial charge in [0.1, 0.15) is 0 Å². The van der Waals surface area contributed by atoms with Crippen LogP contribution in [0.4, 0.5) is 0 Å². The summed E-state index contributed by atoms with van der Waals surface area (Å²) in [6, 6.07) is 0. The summed E-state index contributed by atoms with van der Waals surface area (Å²) in [6.45, 7) is 4.96. The molecule has 1 saturated carbocycles. The molecule has 0 aromatic rings. The first kappa shape index (κ1) is 15.2. The second-order valence-electron chi connectivity index (χ2n) is 6.23. The van der Waals surface area contributed by atoms with Crippen LogP contribution in [0.1, 0.15) is 51.9 Å². The molecule has 0 radical (unpaired) electrons. The number of carbonyl (C=O) groups is 1. The van der Waals surface area contributed by atoms with Gasteiger partial charge < -0.3 is 10.6 Å². The van der Waals surface area contributed by atoms with E-state index in [2.05, 4.69) is 23.8 Å². The fourth-order valence-corrected chi connectivity index (χ4v) is 4.33. The highest BCUT2D eigenvalue weighted by molar-refractivity contribution is 8.00. The molecule has 1 aliphatic heterocycles. The van der Waals surface area contributed by atoms with Crippen molar-refractivity contribution in [2.75, 3.05) is 25.9 Å². The lowest BCUT2D eigenvalue weighted by Crippen LogP contribution is -2.54. The number of hydrogen-bond donors (Lipinski definition) is 2. The summed E-state index contributed by atoms with van der Waals surface area (Å²) in [5.74, 6) is 0.293. The molecule has 1 aliphatic carbocycles. The van der Waals surface area contributed by atoms with E-state index in [4.69, 9.17) is 0 Å². The minimum absolute atomic E-state index is 0.143. The Labute approximate surface area is 121 Å². The highest BCUT2D eigenvalue weighted by atomic mass is 32.2. The van der Waals surface area contributed by atoms with Gasteiger partial charge in [-0.3, -0.25) is 4.79 Å². The van der Waals surface area contributed by atoms with Crippen molar-refractivity contribution in [3.8, 4) is 0 Å². The molecule has 2 fully saturated rings. The molecule has 2 N–H and O–H groups in total. The predicted octanol–water partition coefficient (Wildman–Crippen LogP) is 2.56. The van der Waals surface area contributed by atoms with E-state index >= 15 is 0 Å². The number of carbonyl (C=O) groups excluding carboxylic acids is 1. The second kappa shape index (κ2) is 6.49. The molecule has 1 heterocycles. The van der Waals surface area contributed by atoms with Crippen LogP contribution in [0, 0.1) is 5.41 Å². The van der Waals surface area contributed by atoms with Crippen LogP contribution in [0.3, 0.4) is 0 Å². The molecule has 1 unspecified atom stereocenters. The molecule has 3 nitrogen and oxygen atoms in total. The third-order valence-electron chi connectivity index (χ3n) is 4.95. The molecule has 1 atom stereocenters. The van der Waals surface area contributed by atoms with E-state index in [-0.39, 0.29) is 5.41 Å². The molecule has 4 heteroatoms. The lowest BCUT2D eigenvalue weighted by molar-refractivity contribution is -0.132. The minimum atomic E-state index is -0.143. The quantitative estimate of drug-likeness (QED) is 0.787. The van der Waals surface area contributed by atoms with Gasteiger partial charge in [0.2, 0.25) is 5.91 Å². The van der Waals surface area contributed by atoms with Crippen LogP contribution in [0.25, 0.3) is 0 Å². The van der Waals surface area contributed by atoms with E-state index in [1.807, 2.05) is 11.8 Å². The molecule has 0 aromatic heterocycles. The van der Waals surface area contributed by atoms with Crippen LogP contribution in [0.15, 0.2) is 0 Å². The zero-order chi connectivity index (χ0) is 13.8. The summed E-state index contributed by atoms with van der Waals surface area (Å²) in [5, 5.41) is 6.69. The van der Waals surface area contributed by atoms with Crippen LogP contribution in [-0.2, 0) is 4.79 Å². The molecule has 110 valence electrons. The van der Waals surface area contributed by atoms with Gasteiger partial charge in [-0.05, 0) is 44.9 Å². The van der Waals surface area contributed by atoms with Crippen molar-refractivity contribution in [1.82, 2.24) is 10.6 Å². The van der Waals surface area contributed by atoms with Crippen molar-refractivity contribution in [2.24, 2.45) is 5.41 Å². The summed E-state index contributed by atoms with van der Waals surface area (Å²) in [5.41, 5.74) is -0.143. The van der Waals surface area contributed by atoms with Crippen LogP contribution in [-0.4, -0.2) is 36.5 Å². The van der Waals surface area contributed by atoms with Gasteiger partial charge in [-0.2, -0.15) is 11.8 Å². The molecule has 19 heavy (non-hydrogen) atoms. The molecule has 1 amide bonds. The average molecular weight is 284 g/mol. The lowest BCUT2D eigenvalue weighted by atomic mass is 9.75. The molecule has 0 spiro atoms. The largest absolute Gasteiger partial charge is 0.354 e. The standard InChI is InChI=1S/C15H28N2OS/c1-3-6-14(7-5-10-16-11-14)13(18)17-12-15(19-2)8-4-9-15/h16H,3-12H2,1-2H3,(H,17,18). The Morgan fingerprint density at radius 2 is 2.11 bits per heavy atom. The zero-order valence-electron chi connectivity index (χ0n) is 12.4. The highest BCUT2D eigenvalue weighted by Gasteiger charge is 2.41. The highest BCUT2D eigenvalue weighted by Crippen LogP contribution is 2.42. The smallest absolute Gasteiger partial charge is 0.227 e. The fraction of sp³-hybridized carbons (Fsp3) is 0.933. The fourth-order valence-electron chi connectivity index (χ4n) is 3.42. The van der Waals surface area contributed by atoms with Gasteiger partial charge in [0.05, 0.1) is 5.41 Å². The Hall–Kier alpha value is -0.220. The molecule has 0 aromatic carbocycles. The maximum atomic E-state index is 12.7. The lowest BCUT2D eigenvalue weighted by Gasteiger charge is -2.42. The first-order valence-corrected chi connectivity index (χ1v) is 8.93. The first-order chi connectivity index (χ1) is 9.16. The predicted molar refractivity (Wildman–Crippen MR) is 82.6 cm³/mol. The van der Waals surface area contributed by atoms with Gasteiger partial charge in [-0.25, -0.2) is 0 Å². The van der Waals surface area contributed by atoms with Crippen LogP contribution in [0.2, 0.25) is 0 Å². The molecule has 2 aliphatic rings. The number of thioether (sulfide) groups is 1. The normalized spacial score (nSPS) is 29.6. The molecule has 2 rings (SSSR count). The van der Waals surface area contributed by atoms with Gasteiger partial charge in [-0.1, -0.05) is 19.8 Å². The van der Waals surface area contributed by atoms with Crippen LogP contribution < -0.4 is 10.6 Å². The van der Waals surface area contributed by atoms with Gasteiger partial charge in [0.25, 0.3) is 0 Å². The molecular formula is C15H28N2OS. The van der Waals surface area contributed by atoms with E-state index < -0.39 is 0 Å². The Morgan fingerprint density at radius 1 is 1.32 bits per heavy atom. The van der Waals surface area contributed by atoms with Crippen molar-refractivity contribution in [3.63, 3.8) is 0 Å². The maximum Gasteiger partial charge on any atom is 0.227 e. The van der Waals surface area contributed by atoms with Crippen molar-refractivity contribution >= 4 is 17.7 Å².